The monoisotopic (exact) mass is 200 g/mol. The molecule has 0 nitrogen and oxygen atoms in total. The van der Waals surface area contributed by atoms with E-state index >= 15 is 0 Å². The van der Waals surface area contributed by atoms with Crippen molar-refractivity contribution >= 4 is 0 Å². The van der Waals surface area contributed by atoms with Crippen LogP contribution < -0.4 is 0 Å². The van der Waals surface area contributed by atoms with Crippen LogP contribution in [0.5, 0.6) is 0 Å². The summed E-state index contributed by atoms with van der Waals surface area (Å²) in [4.78, 5) is 0. The molecular weight excluding hydrogens is 168 g/mol. The highest BCUT2D eigenvalue weighted by atomic mass is 14.1. The van der Waals surface area contributed by atoms with E-state index in [4.69, 9.17) is 0 Å². The summed E-state index contributed by atoms with van der Waals surface area (Å²) in [6.07, 6.45) is 8.23. The van der Waals surface area contributed by atoms with Crippen LogP contribution in [-0.2, 0) is 0 Å². The van der Waals surface area contributed by atoms with Gasteiger partial charge in [-0.15, -0.1) is 0 Å². The second-order valence-electron chi connectivity index (χ2n) is 4.57. The van der Waals surface area contributed by atoms with Crippen LogP contribution in [0.1, 0.15) is 80.1 Å². The molecule has 14 heavy (non-hydrogen) atoms. The zero-order valence-electron chi connectivity index (χ0n) is 11.4. The van der Waals surface area contributed by atoms with Gasteiger partial charge in [-0.25, -0.2) is 0 Å². The van der Waals surface area contributed by atoms with Gasteiger partial charge in [0.1, 0.15) is 0 Å². The van der Waals surface area contributed by atoms with E-state index in [2.05, 4.69) is 41.5 Å². The second kappa shape index (κ2) is 13.0. The SMILES string of the molecule is CCC.CCCCCC(C)C(C)CC. The Kier molecular flexibility index (Phi) is 15.3. The van der Waals surface area contributed by atoms with Gasteiger partial charge in [0.15, 0.2) is 0 Å². The maximum absolute atomic E-state index is 2.39. The average molecular weight is 200 g/mol. The van der Waals surface area contributed by atoms with E-state index in [0.717, 1.165) is 11.8 Å². The van der Waals surface area contributed by atoms with Gasteiger partial charge in [0.05, 0.1) is 0 Å². The van der Waals surface area contributed by atoms with Gasteiger partial charge >= 0.3 is 0 Å². The molecule has 0 saturated carbocycles. The first-order chi connectivity index (χ1) is 6.63. The number of hydrogen-bond donors (Lipinski definition) is 0. The van der Waals surface area contributed by atoms with Gasteiger partial charge in [-0.3, -0.25) is 0 Å². The lowest BCUT2D eigenvalue weighted by Crippen LogP contribution is -2.06. The van der Waals surface area contributed by atoms with E-state index in [0.29, 0.717) is 0 Å². The lowest BCUT2D eigenvalue weighted by Gasteiger charge is -2.17. The molecule has 0 saturated heterocycles. The molecule has 0 aromatic heterocycles. The second-order valence-corrected chi connectivity index (χ2v) is 4.57. The molecule has 0 rings (SSSR count). The van der Waals surface area contributed by atoms with Crippen LogP contribution >= 0.6 is 0 Å². The first-order valence-corrected chi connectivity index (χ1v) is 6.63. The summed E-state index contributed by atoms with van der Waals surface area (Å²) in [6.45, 7) is 13.6. The molecule has 88 valence electrons. The summed E-state index contributed by atoms with van der Waals surface area (Å²) in [6, 6.07) is 0. The highest BCUT2D eigenvalue weighted by molar-refractivity contribution is 4.59. The van der Waals surface area contributed by atoms with E-state index in [1.54, 1.807) is 0 Å². The molecule has 0 aliphatic heterocycles. The summed E-state index contributed by atoms with van der Waals surface area (Å²) in [5, 5.41) is 0. The van der Waals surface area contributed by atoms with Crippen LogP contribution in [0.15, 0.2) is 0 Å². The van der Waals surface area contributed by atoms with Crippen LogP contribution in [0, 0.1) is 11.8 Å². The van der Waals surface area contributed by atoms with Crippen LogP contribution in [0.25, 0.3) is 0 Å². The molecule has 0 fully saturated rings. The minimum Gasteiger partial charge on any atom is -0.0656 e. The highest BCUT2D eigenvalue weighted by Gasteiger charge is 2.08. The Hall–Kier alpha value is 0. The van der Waals surface area contributed by atoms with E-state index < -0.39 is 0 Å². The van der Waals surface area contributed by atoms with Gasteiger partial charge in [-0.1, -0.05) is 80.1 Å². The van der Waals surface area contributed by atoms with E-state index in [-0.39, 0.29) is 0 Å². The molecule has 2 atom stereocenters. The average Bonchev–Trinajstić information content (AvgIpc) is 2.18. The summed E-state index contributed by atoms with van der Waals surface area (Å²) in [7, 11) is 0. The summed E-state index contributed by atoms with van der Waals surface area (Å²) in [5.74, 6) is 1.86. The van der Waals surface area contributed by atoms with Crippen molar-refractivity contribution in [3.05, 3.63) is 0 Å². The third-order valence-electron chi connectivity index (χ3n) is 2.88. The zero-order chi connectivity index (χ0) is 11.4. The van der Waals surface area contributed by atoms with Crippen LogP contribution in [-0.4, -0.2) is 0 Å². The van der Waals surface area contributed by atoms with E-state index in [1.165, 1.54) is 38.5 Å². The van der Waals surface area contributed by atoms with Crippen molar-refractivity contribution < 1.29 is 0 Å². The normalized spacial score (nSPS) is 14.1. The van der Waals surface area contributed by atoms with Crippen molar-refractivity contribution in [2.45, 2.75) is 80.1 Å². The van der Waals surface area contributed by atoms with Crippen molar-refractivity contribution in [3.63, 3.8) is 0 Å². The van der Waals surface area contributed by atoms with Gasteiger partial charge in [0.25, 0.3) is 0 Å². The van der Waals surface area contributed by atoms with Crippen molar-refractivity contribution in [2.75, 3.05) is 0 Å². The molecule has 2 unspecified atom stereocenters. The molecule has 0 heteroatoms. The number of hydrogen-bond acceptors (Lipinski definition) is 0. The Morgan fingerprint density at radius 3 is 1.64 bits per heavy atom. The molecule has 0 spiro atoms. The molecule has 0 aromatic rings. The molecule has 0 aromatic carbocycles. The highest BCUT2D eigenvalue weighted by Crippen LogP contribution is 2.20. The molecule has 0 aliphatic carbocycles. The topological polar surface area (TPSA) is 0 Å². The third kappa shape index (κ3) is 12.0. The quantitative estimate of drug-likeness (QED) is 0.485. The van der Waals surface area contributed by atoms with Crippen molar-refractivity contribution in [2.24, 2.45) is 11.8 Å². The van der Waals surface area contributed by atoms with Crippen LogP contribution in [0.4, 0.5) is 0 Å². The lowest BCUT2D eigenvalue weighted by atomic mass is 9.89. The van der Waals surface area contributed by atoms with Gasteiger partial charge in [-0.05, 0) is 11.8 Å². The molecule has 0 radical (unpaired) electrons. The van der Waals surface area contributed by atoms with E-state index in [9.17, 15) is 0 Å². The maximum atomic E-state index is 2.39. The third-order valence-corrected chi connectivity index (χ3v) is 2.88. The Labute approximate surface area is 92.5 Å². The summed E-state index contributed by atoms with van der Waals surface area (Å²) in [5.41, 5.74) is 0. The Bertz CT molecular complexity index is 86.0. The van der Waals surface area contributed by atoms with Crippen LogP contribution in [0.2, 0.25) is 0 Å². The molecule has 0 amide bonds. The standard InChI is InChI=1S/C11H24.C3H8/c1-5-7-8-9-11(4)10(3)6-2;1-3-2/h10-11H,5-9H2,1-4H3;3H2,1-2H3. The molecule has 0 N–H and O–H groups in total. The maximum Gasteiger partial charge on any atom is -0.0417 e. The summed E-state index contributed by atoms with van der Waals surface area (Å²) < 4.78 is 0. The predicted octanol–water partition coefficient (Wildman–Crippen LogP) is 5.67. The number of rotatable bonds is 6. The van der Waals surface area contributed by atoms with Crippen molar-refractivity contribution in [1.29, 1.82) is 0 Å². The van der Waals surface area contributed by atoms with Gasteiger partial charge in [-0.2, -0.15) is 0 Å². The fourth-order valence-corrected chi connectivity index (χ4v) is 1.40. The van der Waals surface area contributed by atoms with Gasteiger partial charge < -0.3 is 0 Å². The van der Waals surface area contributed by atoms with Gasteiger partial charge in [0, 0.05) is 0 Å². The van der Waals surface area contributed by atoms with Gasteiger partial charge in [0.2, 0.25) is 0 Å². The smallest absolute Gasteiger partial charge is 0.0417 e. The lowest BCUT2D eigenvalue weighted by molar-refractivity contribution is 0.344. The largest absolute Gasteiger partial charge is 0.0656 e. The summed E-state index contributed by atoms with van der Waals surface area (Å²) >= 11 is 0. The molecule has 0 bridgehead atoms. The predicted molar refractivity (Wildman–Crippen MR) is 68.7 cm³/mol. The molecule has 0 heterocycles. The van der Waals surface area contributed by atoms with Crippen molar-refractivity contribution in [3.8, 4) is 0 Å². The fourth-order valence-electron chi connectivity index (χ4n) is 1.40. The molecular formula is C14H32. The van der Waals surface area contributed by atoms with Crippen LogP contribution in [0.3, 0.4) is 0 Å². The Morgan fingerprint density at radius 2 is 1.29 bits per heavy atom. The zero-order valence-corrected chi connectivity index (χ0v) is 11.4. The first-order valence-electron chi connectivity index (χ1n) is 6.63. The van der Waals surface area contributed by atoms with E-state index in [1.807, 2.05) is 0 Å². The number of unbranched alkanes of at least 4 members (excludes halogenated alkanes) is 2. The Balaban J connectivity index is 0. The minimum absolute atomic E-state index is 0.923. The fraction of sp³-hybridized carbons (Fsp3) is 1.00. The minimum atomic E-state index is 0.923. The van der Waals surface area contributed by atoms with Crippen molar-refractivity contribution in [1.82, 2.24) is 0 Å². The molecule has 0 aliphatic rings. The Morgan fingerprint density at radius 1 is 0.786 bits per heavy atom. The first kappa shape index (κ1) is 16.4.